The Hall–Kier alpha value is -3.80. The lowest BCUT2D eigenvalue weighted by Crippen LogP contribution is -2.13. The third kappa shape index (κ3) is 6.98. The molecule has 0 saturated heterocycles. The fourth-order valence-electron chi connectivity index (χ4n) is 2.59. The molecule has 6 nitrogen and oxygen atoms in total. The topological polar surface area (TPSA) is 93.1 Å². The van der Waals surface area contributed by atoms with E-state index < -0.39 is 12.3 Å². The Kier molecular flexibility index (Phi) is 7.58. The summed E-state index contributed by atoms with van der Waals surface area (Å²) in [4.78, 5) is 21.0. The molecule has 3 aromatic carbocycles. The molecule has 0 aliphatic heterocycles. The second kappa shape index (κ2) is 10.1. The molecule has 0 spiro atoms. The van der Waals surface area contributed by atoms with Crippen molar-refractivity contribution < 1.29 is 29.3 Å². The molecule has 2 N–H and O–H groups in total. The van der Waals surface area contributed by atoms with E-state index in [2.05, 4.69) is 58.0 Å². The summed E-state index contributed by atoms with van der Waals surface area (Å²) in [5.41, 5.74) is 3.13. The van der Waals surface area contributed by atoms with Gasteiger partial charge in [-0.15, -0.1) is 0 Å². The van der Waals surface area contributed by atoms with E-state index in [4.69, 9.17) is 10.2 Å². The highest BCUT2D eigenvalue weighted by Crippen LogP contribution is 2.33. The van der Waals surface area contributed by atoms with Crippen molar-refractivity contribution in [3.05, 3.63) is 84.4 Å². The van der Waals surface area contributed by atoms with Crippen molar-refractivity contribution in [1.82, 2.24) is 0 Å². The number of benzene rings is 3. The monoisotopic (exact) mass is 408 g/mol. The molecule has 0 heterocycles. The summed E-state index contributed by atoms with van der Waals surface area (Å²) in [6, 6.07) is 25.3. The molecular weight excluding hydrogens is 384 g/mol. The summed E-state index contributed by atoms with van der Waals surface area (Å²) in [6.45, 7) is 5.81. The largest absolute Gasteiger partial charge is 0.511 e. The Morgan fingerprint density at radius 1 is 0.667 bits per heavy atom. The van der Waals surface area contributed by atoms with Crippen LogP contribution in [0.3, 0.4) is 0 Å². The van der Waals surface area contributed by atoms with Crippen molar-refractivity contribution in [1.29, 1.82) is 0 Å². The Bertz CT molecular complexity index is 938. The SMILES string of the molecule is CC(C)(C)c1ccc(OC(=O)O)c(OC(=O)O)c1.c1ccc(-c2ccccc2)cc1. The number of ether oxygens (including phenoxy) is 2. The Balaban J connectivity index is 0.000000230. The van der Waals surface area contributed by atoms with Gasteiger partial charge >= 0.3 is 12.3 Å². The second-order valence-corrected chi connectivity index (χ2v) is 7.38. The predicted molar refractivity (Wildman–Crippen MR) is 114 cm³/mol. The molecule has 0 radical (unpaired) electrons. The van der Waals surface area contributed by atoms with Crippen molar-refractivity contribution in [3.8, 4) is 22.6 Å². The third-order valence-corrected chi connectivity index (χ3v) is 4.09. The first-order valence-corrected chi connectivity index (χ1v) is 9.23. The maximum absolute atomic E-state index is 10.5. The Morgan fingerprint density at radius 3 is 1.50 bits per heavy atom. The molecule has 3 aromatic rings. The number of carbonyl (C=O) groups is 2. The van der Waals surface area contributed by atoms with E-state index in [-0.39, 0.29) is 16.9 Å². The van der Waals surface area contributed by atoms with Gasteiger partial charge in [0.05, 0.1) is 0 Å². The lowest BCUT2D eigenvalue weighted by Gasteiger charge is -2.20. The lowest BCUT2D eigenvalue weighted by atomic mass is 9.87. The van der Waals surface area contributed by atoms with Crippen LogP contribution in [0.2, 0.25) is 0 Å². The van der Waals surface area contributed by atoms with Gasteiger partial charge < -0.3 is 19.7 Å². The number of carboxylic acid groups (broad SMARTS) is 2. The van der Waals surface area contributed by atoms with Gasteiger partial charge in [-0.3, -0.25) is 0 Å². The van der Waals surface area contributed by atoms with Crippen LogP contribution in [0.5, 0.6) is 11.5 Å². The van der Waals surface area contributed by atoms with Gasteiger partial charge in [-0.05, 0) is 34.2 Å². The van der Waals surface area contributed by atoms with Crippen molar-refractivity contribution in [2.24, 2.45) is 0 Å². The quantitative estimate of drug-likeness (QED) is 0.382. The molecule has 0 aliphatic carbocycles. The first kappa shape index (κ1) is 22.5. The highest BCUT2D eigenvalue weighted by molar-refractivity contribution is 5.67. The van der Waals surface area contributed by atoms with Crippen LogP contribution in [0.4, 0.5) is 9.59 Å². The summed E-state index contributed by atoms with van der Waals surface area (Å²) in [6.07, 6.45) is -3.06. The summed E-state index contributed by atoms with van der Waals surface area (Å²) in [5, 5.41) is 17.1. The van der Waals surface area contributed by atoms with Crippen LogP contribution in [0.1, 0.15) is 26.3 Å². The van der Waals surface area contributed by atoms with Crippen LogP contribution >= 0.6 is 0 Å². The van der Waals surface area contributed by atoms with Crippen molar-refractivity contribution in [2.75, 3.05) is 0 Å². The number of hydrogen-bond acceptors (Lipinski definition) is 4. The zero-order valence-electron chi connectivity index (χ0n) is 17.0. The van der Waals surface area contributed by atoms with Gasteiger partial charge in [0.25, 0.3) is 0 Å². The van der Waals surface area contributed by atoms with Gasteiger partial charge in [-0.1, -0.05) is 87.5 Å². The van der Waals surface area contributed by atoms with E-state index in [0.29, 0.717) is 0 Å². The summed E-state index contributed by atoms with van der Waals surface area (Å²) in [7, 11) is 0. The summed E-state index contributed by atoms with van der Waals surface area (Å²) < 4.78 is 8.95. The zero-order chi connectivity index (χ0) is 22.1. The molecule has 0 bridgehead atoms. The minimum atomic E-state index is -1.53. The van der Waals surface area contributed by atoms with Gasteiger partial charge in [0, 0.05) is 0 Å². The molecule has 3 rings (SSSR count). The molecule has 0 saturated carbocycles. The molecular formula is C24H24O6. The van der Waals surface area contributed by atoms with Crippen LogP contribution in [0.15, 0.2) is 78.9 Å². The van der Waals surface area contributed by atoms with E-state index in [1.54, 1.807) is 6.07 Å². The predicted octanol–water partition coefficient (Wildman–Crippen LogP) is 6.45. The first-order valence-electron chi connectivity index (χ1n) is 9.23. The van der Waals surface area contributed by atoms with Crippen molar-refractivity contribution >= 4 is 12.3 Å². The molecule has 0 atom stereocenters. The molecule has 0 aliphatic rings. The summed E-state index contributed by atoms with van der Waals surface area (Å²) >= 11 is 0. The van der Waals surface area contributed by atoms with Gasteiger partial charge in [0.1, 0.15) is 0 Å². The smallest absolute Gasteiger partial charge is 0.449 e. The maximum atomic E-state index is 10.5. The molecule has 6 heteroatoms. The van der Waals surface area contributed by atoms with Crippen LogP contribution in [-0.4, -0.2) is 22.5 Å². The number of hydrogen-bond donors (Lipinski definition) is 2. The molecule has 156 valence electrons. The highest BCUT2D eigenvalue weighted by atomic mass is 16.7. The van der Waals surface area contributed by atoms with Crippen molar-refractivity contribution in [3.63, 3.8) is 0 Å². The molecule has 30 heavy (non-hydrogen) atoms. The fraction of sp³-hybridized carbons (Fsp3) is 0.167. The molecule has 0 amide bonds. The maximum Gasteiger partial charge on any atom is 0.511 e. The highest BCUT2D eigenvalue weighted by Gasteiger charge is 2.19. The molecule has 0 aromatic heterocycles. The second-order valence-electron chi connectivity index (χ2n) is 7.38. The first-order chi connectivity index (χ1) is 14.2. The lowest BCUT2D eigenvalue weighted by molar-refractivity contribution is 0.132. The Labute approximate surface area is 175 Å². The minimum Gasteiger partial charge on any atom is -0.449 e. The van der Waals surface area contributed by atoms with Crippen LogP contribution in [0, 0.1) is 0 Å². The van der Waals surface area contributed by atoms with E-state index in [9.17, 15) is 9.59 Å². The van der Waals surface area contributed by atoms with Crippen molar-refractivity contribution in [2.45, 2.75) is 26.2 Å². The average molecular weight is 408 g/mol. The molecule has 0 unspecified atom stereocenters. The fourth-order valence-corrected chi connectivity index (χ4v) is 2.59. The summed E-state index contributed by atoms with van der Waals surface area (Å²) in [5.74, 6) is -0.296. The van der Waals surface area contributed by atoms with Gasteiger partial charge in [0.15, 0.2) is 11.5 Å². The molecule has 0 fully saturated rings. The van der Waals surface area contributed by atoms with Gasteiger partial charge in [-0.2, -0.15) is 0 Å². The standard InChI is InChI=1S/C12H14O6.C12H10/c1-12(2,3)7-4-5-8(17-10(13)14)9(6-7)18-11(15)16;1-3-7-11(8-4-1)12-9-5-2-6-10-12/h4-6H,1-3H3,(H,13,14)(H,15,16);1-10H. The van der Waals surface area contributed by atoms with Crippen LogP contribution in [-0.2, 0) is 5.41 Å². The van der Waals surface area contributed by atoms with Crippen LogP contribution < -0.4 is 9.47 Å². The number of rotatable bonds is 3. The Morgan fingerprint density at radius 2 is 1.10 bits per heavy atom. The van der Waals surface area contributed by atoms with E-state index in [1.807, 2.05) is 32.9 Å². The van der Waals surface area contributed by atoms with Gasteiger partial charge in [-0.25, -0.2) is 9.59 Å². The van der Waals surface area contributed by atoms with Crippen LogP contribution in [0.25, 0.3) is 11.1 Å². The average Bonchev–Trinajstić information content (AvgIpc) is 2.70. The van der Waals surface area contributed by atoms with E-state index in [1.165, 1.54) is 23.3 Å². The van der Waals surface area contributed by atoms with E-state index in [0.717, 1.165) is 5.56 Å². The van der Waals surface area contributed by atoms with E-state index >= 15 is 0 Å². The van der Waals surface area contributed by atoms with Gasteiger partial charge in [0.2, 0.25) is 0 Å². The normalized spacial score (nSPS) is 10.4. The third-order valence-electron chi connectivity index (χ3n) is 4.09. The zero-order valence-corrected chi connectivity index (χ0v) is 17.0. The minimum absolute atomic E-state index is 0.141.